The van der Waals surface area contributed by atoms with Gasteiger partial charge in [0.1, 0.15) is 21.4 Å². The van der Waals surface area contributed by atoms with E-state index in [1.807, 2.05) is 0 Å². The van der Waals surface area contributed by atoms with Gasteiger partial charge in [-0.25, -0.2) is 8.42 Å². The molecule has 112 valence electrons. The number of aromatic hydroxyl groups is 2. The molecule has 0 bridgehead atoms. The third-order valence-corrected chi connectivity index (χ3v) is 5.69. The van der Waals surface area contributed by atoms with Gasteiger partial charge in [-0.2, -0.15) is 0 Å². The molecule has 0 spiro atoms. The molecule has 0 atom stereocenters. The van der Waals surface area contributed by atoms with Crippen LogP contribution in [0.2, 0.25) is 5.02 Å². The lowest BCUT2D eigenvalue weighted by Crippen LogP contribution is -2.03. The number of rotatable bonds is 2. The standard InChI is InChI=1S/C16H11ClO4S/c17-13-14(18)11-8-4-5-9-12(11)15(19)16(13)22(20,21)10-6-2-1-3-7-10/h1-9,18-19H. The summed E-state index contributed by atoms with van der Waals surface area (Å²) in [6.07, 6.45) is 0. The summed E-state index contributed by atoms with van der Waals surface area (Å²) in [6, 6.07) is 14.0. The Balaban J connectivity index is 2.42. The summed E-state index contributed by atoms with van der Waals surface area (Å²) in [5.41, 5.74) is 0. The predicted molar refractivity (Wildman–Crippen MR) is 84.2 cm³/mol. The van der Waals surface area contributed by atoms with Gasteiger partial charge in [0.05, 0.1) is 4.90 Å². The largest absolute Gasteiger partial charge is 0.506 e. The summed E-state index contributed by atoms with van der Waals surface area (Å²) in [5, 5.41) is 20.7. The monoisotopic (exact) mass is 334 g/mol. The van der Waals surface area contributed by atoms with Gasteiger partial charge in [0.25, 0.3) is 0 Å². The minimum absolute atomic E-state index is 0.0121. The van der Waals surface area contributed by atoms with Crippen molar-refractivity contribution in [3.05, 3.63) is 59.6 Å². The van der Waals surface area contributed by atoms with Crippen LogP contribution in [-0.4, -0.2) is 18.6 Å². The van der Waals surface area contributed by atoms with Crippen molar-refractivity contribution in [2.45, 2.75) is 9.79 Å². The summed E-state index contributed by atoms with van der Waals surface area (Å²) < 4.78 is 25.4. The van der Waals surface area contributed by atoms with Crippen molar-refractivity contribution in [2.75, 3.05) is 0 Å². The lowest BCUT2D eigenvalue weighted by molar-refractivity contribution is 0.455. The average Bonchev–Trinajstić information content (AvgIpc) is 2.53. The molecule has 0 fully saturated rings. The minimum Gasteiger partial charge on any atom is -0.506 e. The van der Waals surface area contributed by atoms with E-state index in [9.17, 15) is 18.6 Å². The van der Waals surface area contributed by atoms with Gasteiger partial charge in [0, 0.05) is 10.8 Å². The molecule has 0 saturated carbocycles. The summed E-state index contributed by atoms with van der Waals surface area (Å²) in [7, 11) is -4.06. The van der Waals surface area contributed by atoms with Crippen molar-refractivity contribution in [3.8, 4) is 11.5 Å². The molecule has 3 rings (SSSR count). The molecule has 0 unspecified atom stereocenters. The molecule has 0 aliphatic rings. The maximum Gasteiger partial charge on any atom is 0.211 e. The second-order valence-corrected chi connectivity index (χ2v) is 6.97. The SMILES string of the molecule is O=S(=O)(c1ccccc1)c1c(Cl)c(O)c2ccccc2c1O. The Morgan fingerprint density at radius 3 is 1.86 bits per heavy atom. The molecular weight excluding hydrogens is 324 g/mol. The van der Waals surface area contributed by atoms with Gasteiger partial charge in [-0.15, -0.1) is 0 Å². The zero-order valence-corrected chi connectivity index (χ0v) is 12.8. The Kier molecular flexibility index (Phi) is 3.47. The van der Waals surface area contributed by atoms with Crippen LogP contribution in [-0.2, 0) is 9.84 Å². The molecule has 22 heavy (non-hydrogen) atoms. The average molecular weight is 335 g/mol. The number of phenolic OH excluding ortho intramolecular Hbond substituents is 2. The van der Waals surface area contributed by atoms with Gasteiger partial charge in [-0.05, 0) is 12.1 Å². The number of hydrogen-bond donors (Lipinski definition) is 2. The Labute approximate surface area is 132 Å². The molecule has 0 heterocycles. The molecule has 0 saturated heterocycles. The van der Waals surface area contributed by atoms with Crippen molar-refractivity contribution < 1.29 is 18.6 Å². The molecule has 3 aromatic rings. The number of fused-ring (bicyclic) bond motifs is 1. The van der Waals surface area contributed by atoms with E-state index >= 15 is 0 Å². The van der Waals surface area contributed by atoms with E-state index in [-0.39, 0.29) is 26.4 Å². The third kappa shape index (κ3) is 2.10. The van der Waals surface area contributed by atoms with Crippen LogP contribution in [0, 0.1) is 0 Å². The maximum atomic E-state index is 12.7. The van der Waals surface area contributed by atoms with Gasteiger partial charge in [0.2, 0.25) is 9.84 Å². The van der Waals surface area contributed by atoms with Crippen LogP contribution in [0.25, 0.3) is 10.8 Å². The number of phenols is 2. The highest BCUT2D eigenvalue weighted by molar-refractivity contribution is 7.91. The van der Waals surface area contributed by atoms with E-state index in [2.05, 4.69) is 0 Å². The fraction of sp³-hybridized carbons (Fsp3) is 0. The van der Waals surface area contributed by atoms with E-state index < -0.39 is 20.5 Å². The molecule has 0 aliphatic carbocycles. The quantitative estimate of drug-likeness (QED) is 0.700. The second-order valence-electron chi connectivity index (χ2n) is 4.70. The lowest BCUT2D eigenvalue weighted by atomic mass is 10.1. The molecule has 0 amide bonds. The van der Waals surface area contributed by atoms with E-state index in [0.717, 1.165) is 0 Å². The molecule has 0 aromatic heterocycles. The van der Waals surface area contributed by atoms with Crippen LogP contribution in [0.5, 0.6) is 11.5 Å². The Hall–Kier alpha value is -2.24. The first-order valence-electron chi connectivity index (χ1n) is 6.37. The first kappa shape index (κ1) is 14.7. The topological polar surface area (TPSA) is 74.6 Å². The molecule has 2 N–H and O–H groups in total. The van der Waals surface area contributed by atoms with Crippen LogP contribution < -0.4 is 0 Å². The number of halogens is 1. The van der Waals surface area contributed by atoms with Gasteiger partial charge < -0.3 is 10.2 Å². The second kappa shape index (κ2) is 5.19. The van der Waals surface area contributed by atoms with Crippen LogP contribution in [0.1, 0.15) is 0 Å². The van der Waals surface area contributed by atoms with E-state index in [4.69, 9.17) is 11.6 Å². The van der Waals surface area contributed by atoms with Crippen molar-refractivity contribution in [2.24, 2.45) is 0 Å². The van der Waals surface area contributed by atoms with Crippen LogP contribution in [0.15, 0.2) is 64.4 Å². The van der Waals surface area contributed by atoms with Gasteiger partial charge in [0.15, 0.2) is 0 Å². The number of benzene rings is 3. The Morgan fingerprint density at radius 2 is 1.27 bits per heavy atom. The van der Waals surface area contributed by atoms with Crippen molar-refractivity contribution in [1.29, 1.82) is 0 Å². The molecule has 6 heteroatoms. The number of sulfone groups is 1. The van der Waals surface area contributed by atoms with Crippen molar-refractivity contribution >= 4 is 32.2 Å². The Morgan fingerprint density at radius 1 is 0.773 bits per heavy atom. The molecule has 3 aromatic carbocycles. The molecule has 0 aliphatic heterocycles. The minimum atomic E-state index is -4.06. The summed E-state index contributed by atoms with van der Waals surface area (Å²) in [5.74, 6) is -0.841. The zero-order chi connectivity index (χ0) is 15.9. The molecule has 0 radical (unpaired) electrons. The maximum absolute atomic E-state index is 12.7. The lowest BCUT2D eigenvalue weighted by Gasteiger charge is -2.13. The van der Waals surface area contributed by atoms with E-state index in [1.165, 1.54) is 18.2 Å². The fourth-order valence-corrected chi connectivity index (χ4v) is 4.26. The van der Waals surface area contributed by atoms with Crippen LogP contribution >= 0.6 is 11.6 Å². The first-order chi connectivity index (χ1) is 10.4. The summed E-state index contributed by atoms with van der Waals surface area (Å²) >= 11 is 6.02. The van der Waals surface area contributed by atoms with E-state index in [0.29, 0.717) is 0 Å². The van der Waals surface area contributed by atoms with Crippen molar-refractivity contribution in [3.63, 3.8) is 0 Å². The highest BCUT2D eigenvalue weighted by Crippen LogP contribution is 2.46. The summed E-state index contributed by atoms with van der Waals surface area (Å²) in [6.45, 7) is 0. The van der Waals surface area contributed by atoms with E-state index in [1.54, 1.807) is 36.4 Å². The molecular formula is C16H11ClO4S. The zero-order valence-electron chi connectivity index (χ0n) is 11.2. The van der Waals surface area contributed by atoms with Gasteiger partial charge in [-0.1, -0.05) is 54.1 Å². The third-order valence-electron chi connectivity index (χ3n) is 3.38. The highest BCUT2D eigenvalue weighted by Gasteiger charge is 2.29. The first-order valence-corrected chi connectivity index (χ1v) is 8.23. The van der Waals surface area contributed by atoms with Gasteiger partial charge >= 0.3 is 0 Å². The smallest absolute Gasteiger partial charge is 0.211 e. The van der Waals surface area contributed by atoms with Crippen LogP contribution in [0.4, 0.5) is 0 Å². The van der Waals surface area contributed by atoms with Gasteiger partial charge in [-0.3, -0.25) is 0 Å². The summed E-state index contributed by atoms with van der Waals surface area (Å²) in [4.78, 5) is -0.501. The predicted octanol–water partition coefficient (Wildman–Crippen LogP) is 3.74. The van der Waals surface area contributed by atoms with Crippen molar-refractivity contribution in [1.82, 2.24) is 0 Å². The fourth-order valence-electron chi connectivity index (χ4n) is 2.31. The molecule has 4 nitrogen and oxygen atoms in total. The highest BCUT2D eigenvalue weighted by atomic mass is 35.5. The number of hydrogen-bond acceptors (Lipinski definition) is 4. The van der Waals surface area contributed by atoms with Crippen LogP contribution in [0.3, 0.4) is 0 Å². The normalized spacial score (nSPS) is 11.7. The Bertz CT molecular complexity index is 966.